The first-order valence-corrected chi connectivity index (χ1v) is 7.03. The lowest BCUT2D eigenvalue weighted by Crippen LogP contribution is -2.05. The van der Waals surface area contributed by atoms with Crippen molar-refractivity contribution < 1.29 is 18.3 Å². The maximum atomic E-state index is 13.7. The molecule has 0 radical (unpaired) electrons. The Morgan fingerprint density at radius 3 is 2.83 bits per heavy atom. The number of fused-ring (bicyclic) bond motifs is 1. The van der Waals surface area contributed by atoms with Gasteiger partial charge in [0.15, 0.2) is 5.76 Å². The van der Waals surface area contributed by atoms with Crippen LogP contribution in [0.5, 0.6) is 0 Å². The van der Waals surface area contributed by atoms with Crippen LogP contribution in [0.1, 0.15) is 15.9 Å². The van der Waals surface area contributed by atoms with Crippen LogP contribution in [0.15, 0.2) is 40.9 Å². The lowest BCUT2D eigenvalue weighted by Gasteiger charge is -2.01. The fourth-order valence-corrected chi connectivity index (χ4v) is 2.38. The number of esters is 1. The third-order valence-corrected chi connectivity index (χ3v) is 3.44. The van der Waals surface area contributed by atoms with E-state index >= 15 is 0 Å². The Morgan fingerprint density at radius 1 is 1.35 bits per heavy atom. The minimum atomic E-state index is -0.646. The highest BCUT2D eigenvalue weighted by Crippen LogP contribution is 2.30. The number of nitrogens with zero attached hydrogens (tertiary/aromatic N) is 1. The molecule has 0 aliphatic rings. The van der Waals surface area contributed by atoms with Gasteiger partial charge in [-0.05, 0) is 36.9 Å². The minimum absolute atomic E-state index is 0.0561. The van der Waals surface area contributed by atoms with Crippen LogP contribution in [0.25, 0.3) is 22.4 Å². The predicted octanol–water partition coefficient (Wildman–Crippen LogP) is 3.14. The van der Waals surface area contributed by atoms with Gasteiger partial charge in [0.2, 0.25) is 0 Å². The molecule has 3 aromatic rings. The molecule has 0 atom stereocenters. The summed E-state index contributed by atoms with van der Waals surface area (Å²) >= 11 is 0. The summed E-state index contributed by atoms with van der Waals surface area (Å²) in [7, 11) is 3.10. The highest BCUT2D eigenvalue weighted by molar-refractivity contribution is 6.02. The van der Waals surface area contributed by atoms with E-state index in [-0.39, 0.29) is 11.1 Å². The Hall–Kier alpha value is -2.73. The molecule has 0 saturated heterocycles. The number of hydrogen-bond donors (Lipinski definition) is 1. The molecule has 0 amide bonds. The highest BCUT2D eigenvalue weighted by atomic mass is 19.1. The topological polar surface area (TPSA) is 64.4 Å². The van der Waals surface area contributed by atoms with Gasteiger partial charge in [0, 0.05) is 18.1 Å². The molecule has 0 spiro atoms. The van der Waals surface area contributed by atoms with Crippen molar-refractivity contribution in [3.63, 3.8) is 0 Å². The molecule has 0 bridgehead atoms. The molecule has 118 valence electrons. The molecule has 5 nitrogen and oxygen atoms in total. The SMILES string of the molecule is CNCc1ccc(-c2cc3cc(F)cc(C(=O)OC)c3o2)nc1. The van der Waals surface area contributed by atoms with Gasteiger partial charge in [0.25, 0.3) is 0 Å². The van der Waals surface area contributed by atoms with Gasteiger partial charge in [-0.3, -0.25) is 4.98 Å². The summed E-state index contributed by atoms with van der Waals surface area (Å²) in [5.41, 5.74) is 1.99. The molecule has 0 fully saturated rings. The maximum Gasteiger partial charge on any atom is 0.341 e. The molecule has 3 rings (SSSR count). The first-order valence-electron chi connectivity index (χ1n) is 7.03. The van der Waals surface area contributed by atoms with Gasteiger partial charge < -0.3 is 14.5 Å². The first-order chi connectivity index (χ1) is 11.1. The monoisotopic (exact) mass is 314 g/mol. The van der Waals surface area contributed by atoms with Crippen LogP contribution in [0, 0.1) is 5.82 Å². The van der Waals surface area contributed by atoms with Crippen molar-refractivity contribution in [2.24, 2.45) is 0 Å². The predicted molar refractivity (Wildman–Crippen MR) is 83.5 cm³/mol. The van der Waals surface area contributed by atoms with E-state index < -0.39 is 11.8 Å². The first kappa shape index (κ1) is 15.2. The van der Waals surface area contributed by atoms with Crippen molar-refractivity contribution in [3.8, 4) is 11.5 Å². The van der Waals surface area contributed by atoms with Crippen molar-refractivity contribution in [3.05, 3.63) is 53.5 Å². The number of nitrogens with one attached hydrogen (secondary N) is 1. The minimum Gasteiger partial charge on any atom is -0.465 e. The van der Waals surface area contributed by atoms with Gasteiger partial charge in [0.05, 0.1) is 7.11 Å². The summed E-state index contributed by atoms with van der Waals surface area (Å²) in [6, 6.07) is 7.81. The Kier molecular flexibility index (Phi) is 4.08. The molecule has 0 unspecified atom stereocenters. The van der Waals surface area contributed by atoms with Gasteiger partial charge in [-0.2, -0.15) is 0 Å². The molecule has 1 N–H and O–H groups in total. The van der Waals surface area contributed by atoms with E-state index in [0.29, 0.717) is 23.4 Å². The van der Waals surface area contributed by atoms with Crippen LogP contribution in [0.4, 0.5) is 4.39 Å². The number of furan rings is 1. The molecular formula is C17H15FN2O3. The second kappa shape index (κ2) is 6.18. The summed E-state index contributed by atoms with van der Waals surface area (Å²) in [5.74, 6) is -0.706. The quantitative estimate of drug-likeness (QED) is 0.750. The molecule has 0 aliphatic heterocycles. The zero-order valence-electron chi connectivity index (χ0n) is 12.7. The van der Waals surface area contributed by atoms with Crippen molar-refractivity contribution in [2.45, 2.75) is 6.54 Å². The normalized spacial score (nSPS) is 10.9. The van der Waals surface area contributed by atoms with Gasteiger partial charge in [-0.25, -0.2) is 9.18 Å². The average molecular weight is 314 g/mol. The molecule has 2 heterocycles. The molecular weight excluding hydrogens is 299 g/mol. The van der Waals surface area contributed by atoms with Crippen molar-refractivity contribution in [1.29, 1.82) is 0 Å². The number of rotatable bonds is 4. The standard InChI is InChI=1S/C17H15FN2O3/c1-19-8-10-3-4-14(20-9-10)15-6-11-5-12(18)7-13(16(11)23-15)17(21)22-2/h3-7,9,19H,8H2,1-2H3. The summed E-state index contributed by atoms with van der Waals surface area (Å²) in [4.78, 5) is 16.1. The zero-order chi connectivity index (χ0) is 16.4. The summed E-state index contributed by atoms with van der Waals surface area (Å²) in [6.07, 6.45) is 1.74. The number of halogens is 1. The van der Waals surface area contributed by atoms with E-state index in [1.54, 1.807) is 12.3 Å². The third kappa shape index (κ3) is 2.93. The Bertz CT molecular complexity index is 856. The third-order valence-electron chi connectivity index (χ3n) is 3.44. The van der Waals surface area contributed by atoms with Gasteiger partial charge >= 0.3 is 5.97 Å². The molecule has 0 saturated carbocycles. The number of ether oxygens (including phenoxy) is 1. The van der Waals surface area contributed by atoms with Crippen LogP contribution in [-0.2, 0) is 11.3 Å². The summed E-state index contributed by atoms with van der Waals surface area (Å²) in [6.45, 7) is 0.713. The summed E-state index contributed by atoms with van der Waals surface area (Å²) < 4.78 is 24.1. The number of aromatic nitrogens is 1. The number of carbonyl (C=O) groups excluding carboxylic acids is 1. The average Bonchev–Trinajstić information content (AvgIpc) is 2.98. The second-order valence-electron chi connectivity index (χ2n) is 5.06. The van der Waals surface area contributed by atoms with Crippen LogP contribution < -0.4 is 5.32 Å². The number of methoxy groups -OCH3 is 1. The second-order valence-corrected chi connectivity index (χ2v) is 5.06. The van der Waals surface area contributed by atoms with Crippen molar-refractivity contribution in [1.82, 2.24) is 10.3 Å². The van der Waals surface area contributed by atoms with E-state index in [1.807, 2.05) is 19.2 Å². The van der Waals surface area contributed by atoms with E-state index in [0.717, 1.165) is 11.6 Å². The number of pyridine rings is 1. The van der Waals surface area contributed by atoms with Crippen LogP contribution >= 0.6 is 0 Å². The van der Waals surface area contributed by atoms with Crippen molar-refractivity contribution >= 4 is 16.9 Å². The van der Waals surface area contributed by atoms with Crippen molar-refractivity contribution in [2.75, 3.05) is 14.2 Å². The van der Waals surface area contributed by atoms with Crippen LogP contribution in [0.2, 0.25) is 0 Å². The lowest BCUT2D eigenvalue weighted by atomic mass is 10.1. The van der Waals surface area contributed by atoms with Crippen LogP contribution in [-0.4, -0.2) is 25.1 Å². The molecule has 6 heteroatoms. The number of hydrogen-bond acceptors (Lipinski definition) is 5. The molecule has 23 heavy (non-hydrogen) atoms. The molecule has 1 aromatic carbocycles. The zero-order valence-corrected chi connectivity index (χ0v) is 12.7. The van der Waals surface area contributed by atoms with Gasteiger partial charge in [-0.15, -0.1) is 0 Å². The van der Waals surface area contributed by atoms with Gasteiger partial charge in [0.1, 0.15) is 22.7 Å². The smallest absolute Gasteiger partial charge is 0.341 e. The maximum absolute atomic E-state index is 13.7. The lowest BCUT2D eigenvalue weighted by molar-refractivity contribution is 0.0601. The number of carbonyl (C=O) groups is 1. The highest BCUT2D eigenvalue weighted by Gasteiger charge is 2.18. The fraction of sp³-hybridized carbons (Fsp3) is 0.176. The Balaban J connectivity index is 2.07. The van der Waals surface area contributed by atoms with E-state index in [2.05, 4.69) is 15.0 Å². The molecule has 0 aliphatic carbocycles. The van der Waals surface area contributed by atoms with Gasteiger partial charge in [-0.1, -0.05) is 6.07 Å². The summed E-state index contributed by atoms with van der Waals surface area (Å²) in [5, 5.41) is 3.53. The largest absolute Gasteiger partial charge is 0.465 e. The van der Waals surface area contributed by atoms with E-state index in [9.17, 15) is 9.18 Å². The Labute approximate surface area is 132 Å². The Morgan fingerprint density at radius 2 is 2.17 bits per heavy atom. The van der Waals surface area contributed by atoms with Crippen LogP contribution in [0.3, 0.4) is 0 Å². The van der Waals surface area contributed by atoms with E-state index in [1.165, 1.54) is 13.2 Å². The fourth-order valence-electron chi connectivity index (χ4n) is 2.38. The number of benzene rings is 1. The molecule has 2 aromatic heterocycles. The van der Waals surface area contributed by atoms with E-state index in [4.69, 9.17) is 4.42 Å².